The molecule has 3 N–H and O–H groups in total. The number of alkyl halides is 3. The molecule has 6 heteroatoms. The summed E-state index contributed by atoms with van der Waals surface area (Å²) < 4.78 is 37.8. The summed E-state index contributed by atoms with van der Waals surface area (Å²) in [6, 6.07) is 1.14. The first-order valence-electron chi connectivity index (χ1n) is 4.09. The van der Waals surface area contributed by atoms with Crippen LogP contribution in [0.2, 0.25) is 0 Å². The average Bonchev–Trinajstić information content (AvgIpc) is 2.06. The number of rotatable bonds is 1. The number of halogens is 4. The largest absolute Gasteiger partial charge is 0.506 e. The molecule has 2 nitrogen and oxygen atoms in total. The Morgan fingerprint density at radius 2 is 1.93 bits per heavy atom. The van der Waals surface area contributed by atoms with E-state index in [2.05, 4.69) is 15.9 Å². The van der Waals surface area contributed by atoms with Crippen LogP contribution in [0.4, 0.5) is 13.2 Å². The topological polar surface area (TPSA) is 46.2 Å². The molecular formula is C9H9BrF3NO. The molecule has 0 bridgehead atoms. The predicted molar refractivity (Wildman–Crippen MR) is 53.4 cm³/mol. The molecule has 0 aromatic heterocycles. The van der Waals surface area contributed by atoms with Crippen molar-refractivity contribution < 1.29 is 18.3 Å². The molecule has 1 rings (SSSR count). The molecule has 0 saturated heterocycles. The standard InChI is InChI=1S/C9H9BrF3NO/c1-4(14)7-5(9(11,12)13)2-3-6(10)8(7)15/h2-4,15H,14H2,1H3/t4-/m1/s1. The van der Waals surface area contributed by atoms with Crippen molar-refractivity contribution in [3.8, 4) is 5.75 Å². The Kier molecular flexibility index (Phi) is 3.30. The smallest absolute Gasteiger partial charge is 0.416 e. The molecule has 0 aliphatic carbocycles. The van der Waals surface area contributed by atoms with Crippen molar-refractivity contribution >= 4 is 15.9 Å². The van der Waals surface area contributed by atoms with Crippen molar-refractivity contribution in [3.63, 3.8) is 0 Å². The molecule has 0 fully saturated rings. The van der Waals surface area contributed by atoms with Crippen molar-refractivity contribution in [2.24, 2.45) is 5.73 Å². The maximum Gasteiger partial charge on any atom is 0.416 e. The Labute approximate surface area is 93.0 Å². The van der Waals surface area contributed by atoms with Crippen LogP contribution >= 0.6 is 15.9 Å². The van der Waals surface area contributed by atoms with E-state index in [0.717, 1.165) is 12.1 Å². The minimum Gasteiger partial charge on any atom is -0.506 e. The van der Waals surface area contributed by atoms with Crippen LogP contribution in [0.1, 0.15) is 24.1 Å². The molecule has 0 heterocycles. The summed E-state index contributed by atoms with van der Waals surface area (Å²) in [6.45, 7) is 1.39. The molecule has 0 aliphatic heterocycles. The SMILES string of the molecule is C[C@@H](N)c1c(C(F)(F)F)ccc(Br)c1O. The highest BCUT2D eigenvalue weighted by atomic mass is 79.9. The summed E-state index contributed by atoms with van der Waals surface area (Å²) in [7, 11) is 0. The van der Waals surface area contributed by atoms with Gasteiger partial charge in [-0.05, 0) is 35.0 Å². The van der Waals surface area contributed by atoms with Crippen molar-refractivity contribution in [2.75, 3.05) is 0 Å². The Balaban J connectivity index is 3.47. The molecule has 84 valence electrons. The Morgan fingerprint density at radius 1 is 1.40 bits per heavy atom. The average molecular weight is 284 g/mol. The zero-order valence-corrected chi connectivity index (χ0v) is 9.35. The van der Waals surface area contributed by atoms with E-state index in [-0.39, 0.29) is 10.0 Å². The molecule has 0 aliphatic rings. The van der Waals surface area contributed by atoms with Crippen LogP contribution in [0, 0.1) is 0 Å². The monoisotopic (exact) mass is 283 g/mol. The fourth-order valence-corrected chi connectivity index (χ4v) is 1.64. The van der Waals surface area contributed by atoms with Gasteiger partial charge in [0.2, 0.25) is 0 Å². The van der Waals surface area contributed by atoms with Crippen LogP contribution in [0.5, 0.6) is 5.75 Å². The van der Waals surface area contributed by atoms with E-state index in [1.165, 1.54) is 6.92 Å². The van der Waals surface area contributed by atoms with Gasteiger partial charge in [0.25, 0.3) is 0 Å². The van der Waals surface area contributed by atoms with Gasteiger partial charge in [0.15, 0.2) is 0 Å². The first kappa shape index (κ1) is 12.3. The fraction of sp³-hybridized carbons (Fsp3) is 0.333. The normalized spacial score (nSPS) is 14.0. The van der Waals surface area contributed by atoms with Gasteiger partial charge in [-0.15, -0.1) is 0 Å². The van der Waals surface area contributed by atoms with Gasteiger partial charge >= 0.3 is 6.18 Å². The van der Waals surface area contributed by atoms with Gasteiger partial charge in [0.05, 0.1) is 10.0 Å². The summed E-state index contributed by atoms with van der Waals surface area (Å²) in [5.41, 5.74) is 4.20. The van der Waals surface area contributed by atoms with E-state index in [0.29, 0.717) is 0 Å². The molecule has 1 aromatic rings. The van der Waals surface area contributed by atoms with Gasteiger partial charge in [-0.3, -0.25) is 0 Å². The minimum absolute atomic E-state index is 0.197. The third kappa shape index (κ3) is 2.43. The van der Waals surface area contributed by atoms with Crippen LogP contribution < -0.4 is 5.73 Å². The predicted octanol–water partition coefficient (Wildman–Crippen LogP) is 3.19. The van der Waals surface area contributed by atoms with Crippen LogP contribution in [0.25, 0.3) is 0 Å². The maximum absolute atomic E-state index is 12.5. The Morgan fingerprint density at radius 3 is 2.33 bits per heavy atom. The molecular weight excluding hydrogens is 275 g/mol. The van der Waals surface area contributed by atoms with Gasteiger partial charge < -0.3 is 10.8 Å². The maximum atomic E-state index is 12.5. The Hall–Kier alpha value is -0.750. The number of nitrogens with two attached hydrogens (primary N) is 1. The minimum atomic E-state index is -4.51. The summed E-state index contributed by atoms with van der Waals surface area (Å²) in [4.78, 5) is 0. The zero-order valence-electron chi connectivity index (χ0n) is 7.77. The fourth-order valence-electron chi connectivity index (χ4n) is 1.29. The van der Waals surface area contributed by atoms with Crippen LogP contribution in [-0.2, 0) is 6.18 Å². The number of benzene rings is 1. The lowest BCUT2D eigenvalue weighted by Gasteiger charge is -2.17. The van der Waals surface area contributed by atoms with Gasteiger partial charge in [0.1, 0.15) is 5.75 Å². The van der Waals surface area contributed by atoms with Crippen LogP contribution in [0.15, 0.2) is 16.6 Å². The highest BCUT2D eigenvalue weighted by molar-refractivity contribution is 9.10. The molecule has 1 atom stereocenters. The number of hydrogen-bond donors (Lipinski definition) is 2. The lowest BCUT2D eigenvalue weighted by atomic mass is 10.0. The van der Waals surface area contributed by atoms with E-state index in [4.69, 9.17) is 5.73 Å². The van der Waals surface area contributed by atoms with Gasteiger partial charge in [0, 0.05) is 11.6 Å². The third-order valence-electron chi connectivity index (χ3n) is 1.93. The van der Waals surface area contributed by atoms with Crippen molar-refractivity contribution in [1.29, 1.82) is 0 Å². The van der Waals surface area contributed by atoms with E-state index in [1.807, 2.05) is 0 Å². The number of phenolic OH excluding ortho intramolecular Hbond substituents is 1. The lowest BCUT2D eigenvalue weighted by molar-refractivity contribution is -0.138. The molecule has 0 amide bonds. The van der Waals surface area contributed by atoms with E-state index < -0.39 is 23.5 Å². The summed E-state index contributed by atoms with van der Waals surface area (Å²) in [5.74, 6) is -0.458. The third-order valence-corrected chi connectivity index (χ3v) is 2.57. The quantitative estimate of drug-likeness (QED) is 0.832. The molecule has 0 spiro atoms. The molecule has 0 unspecified atom stereocenters. The summed E-state index contributed by atoms with van der Waals surface area (Å²) >= 11 is 2.94. The number of aromatic hydroxyl groups is 1. The second-order valence-electron chi connectivity index (χ2n) is 3.14. The zero-order chi connectivity index (χ0) is 11.8. The second kappa shape index (κ2) is 4.02. The molecule has 15 heavy (non-hydrogen) atoms. The number of phenols is 1. The second-order valence-corrected chi connectivity index (χ2v) is 4.00. The van der Waals surface area contributed by atoms with Crippen LogP contribution in [0.3, 0.4) is 0 Å². The van der Waals surface area contributed by atoms with Crippen molar-refractivity contribution in [1.82, 2.24) is 0 Å². The molecule has 0 radical (unpaired) electrons. The van der Waals surface area contributed by atoms with Crippen LogP contribution in [-0.4, -0.2) is 5.11 Å². The van der Waals surface area contributed by atoms with Gasteiger partial charge in [-0.25, -0.2) is 0 Å². The molecule has 1 aromatic carbocycles. The summed E-state index contributed by atoms with van der Waals surface area (Å²) in [6.07, 6.45) is -4.51. The Bertz CT molecular complexity index is 376. The highest BCUT2D eigenvalue weighted by Crippen LogP contribution is 2.41. The van der Waals surface area contributed by atoms with E-state index in [9.17, 15) is 18.3 Å². The van der Waals surface area contributed by atoms with Gasteiger partial charge in [-0.2, -0.15) is 13.2 Å². The summed E-state index contributed by atoms with van der Waals surface area (Å²) in [5, 5.41) is 9.49. The van der Waals surface area contributed by atoms with Crippen molar-refractivity contribution in [3.05, 3.63) is 27.7 Å². The first-order valence-corrected chi connectivity index (χ1v) is 4.88. The van der Waals surface area contributed by atoms with E-state index >= 15 is 0 Å². The van der Waals surface area contributed by atoms with Gasteiger partial charge in [-0.1, -0.05) is 0 Å². The number of hydrogen-bond acceptors (Lipinski definition) is 2. The first-order chi connectivity index (χ1) is 6.75. The molecule has 0 saturated carbocycles. The van der Waals surface area contributed by atoms with Crippen molar-refractivity contribution in [2.45, 2.75) is 19.1 Å². The lowest BCUT2D eigenvalue weighted by Crippen LogP contribution is -2.15. The highest BCUT2D eigenvalue weighted by Gasteiger charge is 2.35. The van der Waals surface area contributed by atoms with E-state index in [1.54, 1.807) is 0 Å².